The molecule has 51 valence electrons. The minimum absolute atomic E-state index is 0.409. The molecule has 0 aliphatic rings. The van der Waals surface area contributed by atoms with Crippen molar-refractivity contribution in [2.24, 2.45) is 0 Å². The van der Waals surface area contributed by atoms with E-state index in [9.17, 15) is 4.79 Å². The van der Waals surface area contributed by atoms with Crippen LogP contribution in [0, 0.1) is 0 Å². The maximum atomic E-state index is 10.7. The Morgan fingerprint density at radius 1 is 1.70 bits per heavy atom. The number of carbonyl (C=O) groups excluding carboxylic acids is 1. The second kappa shape index (κ2) is 3.34. The molecule has 1 radical (unpaired) electrons. The van der Waals surface area contributed by atoms with Crippen molar-refractivity contribution in [3.8, 4) is 0 Å². The van der Waals surface area contributed by atoms with Crippen molar-refractivity contribution < 1.29 is 8.61 Å². The summed E-state index contributed by atoms with van der Waals surface area (Å²) in [5.74, 6) is -0.409. The third-order valence-corrected chi connectivity index (χ3v) is 1.29. The van der Waals surface area contributed by atoms with Crippen LogP contribution in [0.5, 0.6) is 0 Å². The molecule has 10 heavy (non-hydrogen) atoms. The Hall–Kier alpha value is -0.861. The summed E-state index contributed by atoms with van der Waals surface area (Å²) in [7, 11) is 0. The summed E-state index contributed by atoms with van der Waals surface area (Å²) in [4.78, 5) is 14.5. The molecule has 0 amide bonds. The summed E-state index contributed by atoms with van der Waals surface area (Å²) < 4.78 is 4.33. The summed E-state index contributed by atoms with van der Waals surface area (Å²) in [5, 5.41) is 0. The molecule has 0 N–H and O–H groups in total. The van der Waals surface area contributed by atoms with Gasteiger partial charge in [0.25, 0.3) is 0 Å². The van der Waals surface area contributed by atoms with E-state index in [2.05, 4.69) is 25.1 Å². The molecule has 0 fully saturated rings. The second-order valence-corrected chi connectivity index (χ2v) is 1.96. The van der Waals surface area contributed by atoms with Gasteiger partial charge in [-0.1, -0.05) is 0 Å². The zero-order valence-corrected chi connectivity index (χ0v) is 6.69. The van der Waals surface area contributed by atoms with Crippen molar-refractivity contribution in [1.29, 1.82) is 0 Å². The molecule has 1 aromatic rings. The van der Waals surface area contributed by atoms with Gasteiger partial charge in [0.2, 0.25) is 0 Å². The van der Waals surface area contributed by atoms with Crippen molar-refractivity contribution in [3.63, 3.8) is 0 Å². The molecule has 1 aromatic heterocycles. The van der Waals surface area contributed by atoms with Gasteiger partial charge in [-0.05, 0) is 0 Å². The molecular formula is C6H4NO2Se. The standard InChI is InChI=1S/C6H4NO2Se/c8-6(9-10)5-2-1-3-7-4-5/h1-4H. The van der Waals surface area contributed by atoms with E-state index in [1.807, 2.05) is 0 Å². The fourth-order valence-corrected chi connectivity index (χ4v) is 0.734. The molecule has 0 atom stereocenters. The predicted molar refractivity (Wildman–Crippen MR) is 35.4 cm³/mol. The maximum absolute atomic E-state index is 10.7. The van der Waals surface area contributed by atoms with E-state index in [0.717, 1.165) is 0 Å². The van der Waals surface area contributed by atoms with Crippen LogP contribution in [0.1, 0.15) is 10.4 Å². The van der Waals surface area contributed by atoms with E-state index in [0.29, 0.717) is 5.56 Å². The normalized spacial score (nSPS) is 8.90. The monoisotopic (exact) mass is 202 g/mol. The molecule has 0 spiro atoms. The number of aromatic nitrogens is 1. The molecule has 0 bridgehead atoms. The van der Waals surface area contributed by atoms with Crippen molar-refractivity contribution in [2.75, 3.05) is 0 Å². The molecular weight excluding hydrogens is 197 g/mol. The minimum atomic E-state index is -0.409. The van der Waals surface area contributed by atoms with Gasteiger partial charge in [0.1, 0.15) is 0 Å². The number of rotatable bonds is 1. The molecule has 1 heterocycles. The molecule has 1 rings (SSSR count). The second-order valence-electron chi connectivity index (χ2n) is 1.61. The summed E-state index contributed by atoms with van der Waals surface area (Å²) in [6.45, 7) is 0. The Kier molecular flexibility index (Phi) is 2.42. The van der Waals surface area contributed by atoms with Crippen LogP contribution in [0.3, 0.4) is 0 Å². The number of nitrogens with zero attached hydrogens (tertiary/aromatic N) is 1. The first-order chi connectivity index (χ1) is 4.84. The number of hydrogen-bond donors (Lipinski definition) is 0. The van der Waals surface area contributed by atoms with Gasteiger partial charge in [0.15, 0.2) is 0 Å². The van der Waals surface area contributed by atoms with E-state index >= 15 is 0 Å². The first-order valence-corrected chi connectivity index (χ1v) is 3.28. The molecule has 0 unspecified atom stereocenters. The van der Waals surface area contributed by atoms with Gasteiger partial charge in [0, 0.05) is 0 Å². The van der Waals surface area contributed by atoms with Gasteiger partial charge >= 0.3 is 66.0 Å². The van der Waals surface area contributed by atoms with Crippen LogP contribution >= 0.6 is 0 Å². The number of carbonyl (C=O) groups is 1. The SMILES string of the molecule is O=C(O[Se])c1cccnc1. The van der Waals surface area contributed by atoms with Gasteiger partial charge in [-0.15, -0.1) is 0 Å². The summed E-state index contributed by atoms with van der Waals surface area (Å²) >= 11 is 2.16. The van der Waals surface area contributed by atoms with E-state index in [1.54, 1.807) is 18.3 Å². The molecule has 0 aromatic carbocycles. The van der Waals surface area contributed by atoms with Crippen molar-refractivity contribution >= 4 is 22.3 Å². The van der Waals surface area contributed by atoms with Gasteiger partial charge in [-0.2, -0.15) is 0 Å². The average Bonchev–Trinajstić information content (AvgIpc) is 2.05. The summed E-state index contributed by atoms with van der Waals surface area (Å²) in [6.07, 6.45) is 3.04. The van der Waals surface area contributed by atoms with Crippen LogP contribution in [-0.4, -0.2) is 27.3 Å². The molecule has 0 aliphatic carbocycles. The van der Waals surface area contributed by atoms with Crippen LogP contribution in [0.2, 0.25) is 0 Å². The van der Waals surface area contributed by atoms with E-state index in [-0.39, 0.29) is 0 Å². The van der Waals surface area contributed by atoms with Crippen molar-refractivity contribution in [3.05, 3.63) is 30.1 Å². The summed E-state index contributed by atoms with van der Waals surface area (Å²) in [6, 6.07) is 3.30. The zero-order chi connectivity index (χ0) is 7.40. The Labute approximate surface area is 66.6 Å². The topological polar surface area (TPSA) is 39.2 Å². The molecule has 0 saturated heterocycles. The van der Waals surface area contributed by atoms with E-state index in [4.69, 9.17) is 0 Å². The fourth-order valence-electron chi connectivity index (χ4n) is 0.532. The third-order valence-electron chi connectivity index (χ3n) is 0.973. The van der Waals surface area contributed by atoms with Gasteiger partial charge in [0.05, 0.1) is 0 Å². The number of hydrogen-bond acceptors (Lipinski definition) is 3. The number of pyridine rings is 1. The molecule has 3 nitrogen and oxygen atoms in total. The molecule has 0 saturated carbocycles. The van der Waals surface area contributed by atoms with Crippen molar-refractivity contribution in [1.82, 2.24) is 4.98 Å². The predicted octanol–water partition coefficient (Wildman–Crippen LogP) is 0.322. The van der Waals surface area contributed by atoms with Gasteiger partial charge in [-0.3, -0.25) is 0 Å². The third kappa shape index (κ3) is 1.56. The van der Waals surface area contributed by atoms with Crippen LogP contribution in [0.25, 0.3) is 0 Å². The van der Waals surface area contributed by atoms with Crippen LogP contribution in [0.4, 0.5) is 0 Å². The van der Waals surface area contributed by atoms with E-state index in [1.165, 1.54) is 6.20 Å². The molecule has 0 aliphatic heterocycles. The first-order valence-electron chi connectivity index (χ1n) is 2.59. The Balaban J connectivity index is 2.85. The Bertz CT molecular complexity index is 224. The van der Waals surface area contributed by atoms with Crippen LogP contribution in [0.15, 0.2) is 24.5 Å². The van der Waals surface area contributed by atoms with Crippen LogP contribution < -0.4 is 0 Å². The summed E-state index contributed by atoms with van der Waals surface area (Å²) in [5.41, 5.74) is 0.446. The van der Waals surface area contributed by atoms with E-state index < -0.39 is 5.97 Å². The quantitative estimate of drug-likeness (QED) is 0.614. The fraction of sp³-hybridized carbons (Fsp3) is 0. The molecule has 4 heteroatoms. The van der Waals surface area contributed by atoms with Gasteiger partial charge < -0.3 is 0 Å². The van der Waals surface area contributed by atoms with Gasteiger partial charge in [-0.25, -0.2) is 0 Å². The zero-order valence-electron chi connectivity index (χ0n) is 4.98. The average molecular weight is 201 g/mol. The van der Waals surface area contributed by atoms with Crippen molar-refractivity contribution in [2.45, 2.75) is 0 Å². The Morgan fingerprint density at radius 3 is 3.00 bits per heavy atom. The Morgan fingerprint density at radius 2 is 2.50 bits per heavy atom. The van der Waals surface area contributed by atoms with Crippen LogP contribution in [-0.2, 0) is 3.82 Å². The first kappa shape index (κ1) is 7.25.